The molecular formula is C12H22N2O7. The molecule has 0 unspecified atom stereocenters. The second-order valence-corrected chi connectivity index (χ2v) is 4.99. The van der Waals surface area contributed by atoms with Gasteiger partial charge in [-0.25, -0.2) is 0 Å². The van der Waals surface area contributed by atoms with Gasteiger partial charge in [-0.3, -0.25) is 9.59 Å². The number of nitrogens with one attached hydrogen (secondary N) is 1. The molecule has 9 heteroatoms. The lowest BCUT2D eigenvalue weighted by Crippen LogP contribution is -2.60. The third-order valence-electron chi connectivity index (χ3n) is 3.32. The fourth-order valence-corrected chi connectivity index (χ4v) is 2.07. The van der Waals surface area contributed by atoms with Crippen LogP contribution in [0.3, 0.4) is 0 Å². The second kappa shape index (κ2) is 8.25. The molecular weight excluding hydrogens is 284 g/mol. The lowest BCUT2D eigenvalue weighted by Gasteiger charge is -2.40. The highest BCUT2D eigenvalue weighted by molar-refractivity contribution is 5.77. The van der Waals surface area contributed by atoms with Crippen molar-refractivity contribution in [1.82, 2.24) is 5.32 Å². The molecule has 0 radical (unpaired) electrons. The Morgan fingerprint density at radius 3 is 2.24 bits per heavy atom. The third-order valence-corrected chi connectivity index (χ3v) is 3.32. The molecule has 1 fully saturated rings. The van der Waals surface area contributed by atoms with E-state index in [0.717, 1.165) is 0 Å². The number of primary amides is 1. The number of nitrogens with two attached hydrogens (primary N) is 1. The Morgan fingerprint density at radius 2 is 1.67 bits per heavy atom. The summed E-state index contributed by atoms with van der Waals surface area (Å²) < 4.78 is 5.22. The molecule has 1 heterocycles. The van der Waals surface area contributed by atoms with E-state index < -0.39 is 43.0 Å². The fraction of sp³-hybridized carbons (Fsp3) is 0.833. The minimum atomic E-state index is -1.47. The van der Waals surface area contributed by atoms with E-state index >= 15 is 0 Å². The summed E-state index contributed by atoms with van der Waals surface area (Å²) in [5.41, 5.74) is 4.95. The van der Waals surface area contributed by atoms with Crippen LogP contribution < -0.4 is 11.1 Å². The molecule has 0 bridgehead atoms. The zero-order valence-electron chi connectivity index (χ0n) is 11.5. The van der Waals surface area contributed by atoms with E-state index in [0.29, 0.717) is 6.42 Å². The number of ether oxygens (including phenoxy) is 1. The van der Waals surface area contributed by atoms with Gasteiger partial charge in [0.15, 0.2) is 0 Å². The summed E-state index contributed by atoms with van der Waals surface area (Å²) in [5, 5.41) is 40.4. The van der Waals surface area contributed by atoms with Gasteiger partial charge in [0.1, 0.15) is 30.5 Å². The maximum absolute atomic E-state index is 11.5. The molecule has 1 aliphatic rings. The van der Waals surface area contributed by atoms with Crippen molar-refractivity contribution in [1.29, 1.82) is 0 Å². The van der Waals surface area contributed by atoms with Crippen molar-refractivity contribution in [2.75, 3.05) is 13.2 Å². The molecule has 0 aromatic heterocycles. The van der Waals surface area contributed by atoms with Crippen molar-refractivity contribution in [3.05, 3.63) is 0 Å². The molecule has 0 aliphatic carbocycles. The maximum Gasteiger partial charge on any atom is 0.220 e. The van der Waals surface area contributed by atoms with Gasteiger partial charge in [0.25, 0.3) is 0 Å². The molecule has 0 aromatic rings. The van der Waals surface area contributed by atoms with E-state index in [1.165, 1.54) is 0 Å². The van der Waals surface area contributed by atoms with Crippen molar-refractivity contribution in [2.24, 2.45) is 5.73 Å². The van der Waals surface area contributed by atoms with E-state index in [4.69, 9.17) is 15.6 Å². The fourth-order valence-electron chi connectivity index (χ4n) is 2.07. The Hall–Kier alpha value is -1.26. The number of hydrogen-bond acceptors (Lipinski definition) is 7. The molecule has 21 heavy (non-hydrogen) atoms. The topological polar surface area (TPSA) is 162 Å². The first-order valence-corrected chi connectivity index (χ1v) is 6.72. The van der Waals surface area contributed by atoms with Gasteiger partial charge in [0.05, 0.1) is 6.61 Å². The van der Waals surface area contributed by atoms with E-state index in [1.54, 1.807) is 0 Å². The highest BCUT2D eigenvalue weighted by Crippen LogP contribution is 2.20. The molecule has 0 spiro atoms. The first-order chi connectivity index (χ1) is 9.86. The minimum Gasteiger partial charge on any atom is -0.394 e. The highest BCUT2D eigenvalue weighted by Gasteiger charge is 2.43. The molecule has 1 saturated heterocycles. The smallest absolute Gasteiger partial charge is 0.220 e. The predicted octanol–water partition coefficient (Wildman–Crippen LogP) is -3.40. The second-order valence-electron chi connectivity index (χ2n) is 4.99. The molecule has 9 nitrogen and oxygen atoms in total. The third kappa shape index (κ3) is 5.21. The summed E-state index contributed by atoms with van der Waals surface area (Å²) in [6, 6.07) is 0. The van der Waals surface area contributed by atoms with E-state index in [9.17, 15) is 24.9 Å². The molecule has 7 N–H and O–H groups in total. The van der Waals surface area contributed by atoms with Crippen molar-refractivity contribution in [2.45, 2.75) is 49.8 Å². The number of aliphatic hydroxyl groups is 4. The number of hydrogen-bond donors (Lipinski definition) is 6. The van der Waals surface area contributed by atoms with E-state index in [1.807, 2.05) is 0 Å². The average Bonchev–Trinajstić information content (AvgIpc) is 2.43. The first-order valence-electron chi connectivity index (χ1n) is 6.72. The van der Waals surface area contributed by atoms with Gasteiger partial charge in [-0.05, 0) is 6.42 Å². The summed E-state index contributed by atoms with van der Waals surface area (Å²) in [7, 11) is 0. The van der Waals surface area contributed by atoms with Crippen LogP contribution in [0.5, 0.6) is 0 Å². The van der Waals surface area contributed by atoms with Gasteiger partial charge in [-0.2, -0.15) is 0 Å². The Labute approximate surface area is 121 Å². The largest absolute Gasteiger partial charge is 0.394 e. The first kappa shape index (κ1) is 17.8. The van der Waals surface area contributed by atoms with Crippen molar-refractivity contribution >= 4 is 11.8 Å². The van der Waals surface area contributed by atoms with Gasteiger partial charge >= 0.3 is 0 Å². The standard InChI is InChI=1S/C12H22N2O7/c13-8(16)2-1-3-9(17)14-4-6-10(18)12(20)11(19)7(5-15)21-6/h6-7,10-12,15,18-20H,1-5H2,(H2,13,16)(H,14,17)/t6-,7+,10-,11+,12+/m0/s1. The monoisotopic (exact) mass is 306 g/mol. The van der Waals surface area contributed by atoms with E-state index in [-0.39, 0.29) is 25.3 Å². The van der Waals surface area contributed by atoms with Crippen LogP contribution in [0.1, 0.15) is 19.3 Å². The quantitative estimate of drug-likeness (QED) is 0.285. The van der Waals surface area contributed by atoms with Crippen LogP contribution in [0.4, 0.5) is 0 Å². The van der Waals surface area contributed by atoms with Crippen LogP contribution in [0.2, 0.25) is 0 Å². The summed E-state index contributed by atoms with van der Waals surface area (Å²) in [5.74, 6) is -0.843. The summed E-state index contributed by atoms with van der Waals surface area (Å²) in [6.45, 7) is -0.606. The number of amides is 2. The van der Waals surface area contributed by atoms with Gasteiger partial charge < -0.3 is 36.2 Å². The van der Waals surface area contributed by atoms with Crippen LogP contribution in [-0.2, 0) is 14.3 Å². The SMILES string of the molecule is NC(=O)CCCC(=O)NC[C@@H]1O[C@H](CO)[C@@H](O)[C@H](O)[C@H]1O. The number of carbonyl (C=O) groups is 2. The lowest BCUT2D eigenvalue weighted by molar-refractivity contribution is -0.227. The molecule has 1 aliphatic heterocycles. The van der Waals surface area contributed by atoms with Crippen LogP contribution in [0.15, 0.2) is 0 Å². The minimum absolute atomic E-state index is 0.0865. The highest BCUT2D eigenvalue weighted by atomic mass is 16.5. The van der Waals surface area contributed by atoms with Crippen molar-refractivity contribution in [3.8, 4) is 0 Å². The normalized spacial score (nSPS) is 32.7. The molecule has 2 amide bonds. The predicted molar refractivity (Wildman–Crippen MR) is 69.8 cm³/mol. The Balaban J connectivity index is 2.39. The van der Waals surface area contributed by atoms with Crippen molar-refractivity contribution < 1.29 is 34.8 Å². The van der Waals surface area contributed by atoms with E-state index in [2.05, 4.69) is 5.32 Å². The summed E-state index contributed by atoms with van der Waals surface area (Å²) in [4.78, 5) is 22.0. The van der Waals surface area contributed by atoms with Crippen LogP contribution in [-0.4, -0.2) is 75.9 Å². The molecule has 0 aromatic carbocycles. The van der Waals surface area contributed by atoms with Crippen molar-refractivity contribution in [3.63, 3.8) is 0 Å². The molecule has 122 valence electrons. The number of rotatable bonds is 7. The molecule has 1 rings (SSSR count). The number of aliphatic hydroxyl groups excluding tert-OH is 4. The maximum atomic E-state index is 11.5. The lowest BCUT2D eigenvalue weighted by atomic mass is 9.95. The number of carbonyl (C=O) groups excluding carboxylic acids is 2. The van der Waals surface area contributed by atoms with Crippen LogP contribution >= 0.6 is 0 Å². The van der Waals surface area contributed by atoms with Crippen LogP contribution in [0, 0.1) is 0 Å². The van der Waals surface area contributed by atoms with Gasteiger partial charge in [0, 0.05) is 19.4 Å². The zero-order valence-corrected chi connectivity index (χ0v) is 11.5. The van der Waals surface area contributed by atoms with Gasteiger partial charge in [0.2, 0.25) is 11.8 Å². The zero-order chi connectivity index (χ0) is 16.0. The molecule has 5 atom stereocenters. The molecule has 0 saturated carbocycles. The summed E-state index contributed by atoms with van der Waals surface area (Å²) >= 11 is 0. The Morgan fingerprint density at radius 1 is 1.05 bits per heavy atom. The Kier molecular flexibility index (Phi) is 6.99. The van der Waals surface area contributed by atoms with Gasteiger partial charge in [-0.1, -0.05) is 0 Å². The van der Waals surface area contributed by atoms with Crippen LogP contribution in [0.25, 0.3) is 0 Å². The van der Waals surface area contributed by atoms with Gasteiger partial charge in [-0.15, -0.1) is 0 Å². The average molecular weight is 306 g/mol. The summed E-state index contributed by atoms with van der Waals surface area (Å²) in [6.07, 6.45) is -5.70. The Bertz CT molecular complexity index is 364.